The predicted molar refractivity (Wildman–Crippen MR) is 130 cm³/mol. The molecule has 1 fully saturated rings. The van der Waals surface area contributed by atoms with Crippen molar-refractivity contribution in [1.29, 1.82) is 0 Å². The number of benzene rings is 1. The van der Waals surface area contributed by atoms with Crippen molar-refractivity contribution in [3.8, 4) is 0 Å². The number of imidazole rings is 1. The van der Waals surface area contributed by atoms with Gasteiger partial charge in [-0.25, -0.2) is 14.8 Å². The zero-order valence-electron chi connectivity index (χ0n) is 18.6. The van der Waals surface area contributed by atoms with Gasteiger partial charge in [0.1, 0.15) is 0 Å². The maximum atomic E-state index is 12.7. The Morgan fingerprint density at radius 1 is 1.41 bits per heavy atom. The lowest BCUT2D eigenvalue weighted by atomic mass is 10.0. The second-order valence-corrected chi connectivity index (χ2v) is 9.00. The molecule has 2 atom stereocenters. The van der Waals surface area contributed by atoms with Gasteiger partial charge in [-0.2, -0.15) is 0 Å². The molecule has 3 aromatic rings. The minimum atomic E-state index is -0.518. The highest BCUT2D eigenvalue weighted by Crippen LogP contribution is 2.33. The largest absolute Gasteiger partial charge is 0.462 e. The number of carbonyl (C=O) groups excluding carboxylic acids is 2. The predicted octanol–water partition coefficient (Wildman–Crippen LogP) is 4.10. The number of thiazole rings is 1. The number of aromatic amines is 1. The quantitative estimate of drug-likeness (QED) is 0.215. The third kappa shape index (κ3) is 4.79. The molecule has 178 valence electrons. The van der Waals surface area contributed by atoms with Crippen LogP contribution in [0.4, 0.5) is 5.13 Å². The van der Waals surface area contributed by atoms with Gasteiger partial charge in [0, 0.05) is 24.0 Å². The van der Waals surface area contributed by atoms with Gasteiger partial charge in [0.15, 0.2) is 16.1 Å². The Hall–Kier alpha value is -3.34. The van der Waals surface area contributed by atoms with E-state index in [0.717, 1.165) is 4.70 Å². The van der Waals surface area contributed by atoms with Crippen molar-refractivity contribution < 1.29 is 14.3 Å². The first-order valence-electron chi connectivity index (χ1n) is 10.9. The molecule has 3 heterocycles. The minimum absolute atomic E-state index is 0.127. The van der Waals surface area contributed by atoms with E-state index in [-0.39, 0.29) is 29.6 Å². The Kier molecular flexibility index (Phi) is 7.20. The lowest BCUT2D eigenvalue weighted by Crippen LogP contribution is -2.53. The molecular weight excluding hydrogens is 480 g/mol. The number of halogens is 1. The molecule has 1 amide bonds. The Morgan fingerprint density at radius 3 is 2.94 bits per heavy atom. The number of aryl methyl sites for hydroxylation is 1. The van der Waals surface area contributed by atoms with Crippen LogP contribution < -0.4 is 10.2 Å². The number of fused-ring (bicyclic) bond motifs is 1. The van der Waals surface area contributed by atoms with Gasteiger partial charge in [0.2, 0.25) is 0 Å². The van der Waals surface area contributed by atoms with Gasteiger partial charge in [-0.1, -0.05) is 41.0 Å². The van der Waals surface area contributed by atoms with Gasteiger partial charge in [0.25, 0.3) is 5.91 Å². The number of aromatic nitrogens is 3. The van der Waals surface area contributed by atoms with Crippen molar-refractivity contribution in [2.24, 2.45) is 5.11 Å². The lowest BCUT2D eigenvalue weighted by molar-refractivity contribution is 0.0528. The van der Waals surface area contributed by atoms with E-state index in [4.69, 9.17) is 21.9 Å². The number of esters is 1. The summed E-state index contributed by atoms with van der Waals surface area (Å²) in [6.07, 6.45) is 1.16. The molecule has 2 aromatic heterocycles. The number of nitrogens with zero attached hydrogens (tertiary/aromatic N) is 6. The van der Waals surface area contributed by atoms with Crippen LogP contribution in [0.15, 0.2) is 23.3 Å². The highest BCUT2D eigenvalue weighted by Gasteiger charge is 2.32. The van der Waals surface area contributed by atoms with E-state index < -0.39 is 11.9 Å². The van der Waals surface area contributed by atoms with E-state index in [1.807, 2.05) is 17.9 Å². The van der Waals surface area contributed by atoms with Crippen molar-refractivity contribution in [2.45, 2.75) is 38.8 Å². The van der Waals surface area contributed by atoms with Crippen LogP contribution in [0.2, 0.25) is 5.15 Å². The van der Waals surface area contributed by atoms with E-state index in [1.54, 1.807) is 19.1 Å². The van der Waals surface area contributed by atoms with Crippen LogP contribution in [-0.2, 0) is 11.2 Å². The number of hydrogen-bond acceptors (Lipinski definition) is 8. The number of amides is 1. The number of ether oxygens (including phenoxy) is 1. The molecule has 0 spiro atoms. The summed E-state index contributed by atoms with van der Waals surface area (Å²) in [4.78, 5) is 41.7. The number of piperidine rings is 1. The van der Waals surface area contributed by atoms with Crippen LogP contribution >= 0.6 is 22.9 Å². The second-order valence-electron chi connectivity index (χ2n) is 7.67. The van der Waals surface area contributed by atoms with Gasteiger partial charge in [-0.3, -0.25) is 4.79 Å². The highest BCUT2D eigenvalue weighted by atomic mass is 35.5. The molecule has 11 nitrogen and oxygen atoms in total. The van der Waals surface area contributed by atoms with Gasteiger partial charge < -0.3 is 19.9 Å². The summed E-state index contributed by atoms with van der Waals surface area (Å²) in [6, 6.07) is 4.44. The SMILES string of the molecule is CCOC(=O)c1cccc2nc(N3CC[C@@H](NC(=O)c4nc(Cl)c(CC)[nH]4)[C@@H](N=[N+]=[N-])C3)sc12. The standard InChI is InChI=1S/C21H23ClN8O3S/c1-3-12-17(22)27-18(24-12)19(31)25-13-8-9-30(10-15(13)28-29-23)21-26-14-7-5-6-11(16(14)34-21)20(32)33-4-2/h5-7,13,15H,3-4,8-10H2,1-2H3,(H,24,27)(H,25,31)/t13-,15+/m1/s1. The van der Waals surface area contributed by atoms with Crippen LogP contribution in [0.25, 0.3) is 20.7 Å². The van der Waals surface area contributed by atoms with Crippen LogP contribution in [0.5, 0.6) is 0 Å². The number of rotatable bonds is 7. The summed E-state index contributed by atoms with van der Waals surface area (Å²) < 4.78 is 5.90. The molecule has 2 N–H and O–H groups in total. The summed E-state index contributed by atoms with van der Waals surface area (Å²) in [7, 11) is 0. The van der Waals surface area contributed by atoms with E-state index in [9.17, 15) is 9.59 Å². The molecule has 0 unspecified atom stereocenters. The average Bonchev–Trinajstić information content (AvgIpc) is 3.43. The maximum absolute atomic E-state index is 12.7. The Bertz CT molecular complexity index is 1270. The fraction of sp³-hybridized carbons (Fsp3) is 0.429. The maximum Gasteiger partial charge on any atom is 0.339 e. The first-order valence-corrected chi connectivity index (χ1v) is 12.1. The van der Waals surface area contributed by atoms with E-state index in [1.165, 1.54) is 11.3 Å². The highest BCUT2D eigenvalue weighted by molar-refractivity contribution is 7.22. The Labute approximate surface area is 204 Å². The number of carbonyl (C=O) groups is 2. The van der Waals surface area contributed by atoms with Crippen LogP contribution in [0, 0.1) is 0 Å². The van der Waals surface area contributed by atoms with Crippen molar-refractivity contribution in [1.82, 2.24) is 20.3 Å². The summed E-state index contributed by atoms with van der Waals surface area (Å²) in [5, 5.41) is 7.81. The third-order valence-electron chi connectivity index (χ3n) is 5.56. The second kappa shape index (κ2) is 10.3. The molecule has 34 heavy (non-hydrogen) atoms. The van der Waals surface area contributed by atoms with Gasteiger partial charge >= 0.3 is 5.97 Å². The molecular formula is C21H23ClN8O3S. The summed E-state index contributed by atoms with van der Waals surface area (Å²) >= 11 is 7.43. The van der Waals surface area contributed by atoms with Gasteiger partial charge in [-0.05, 0) is 37.4 Å². The van der Waals surface area contributed by atoms with Gasteiger partial charge in [-0.15, -0.1) is 0 Å². The molecule has 0 saturated carbocycles. The van der Waals surface area contributed by atoms with Crippen molar-refractivity contribution in [2.75, 3.05) is 24.6 Å². The molecule has 0 radical (unpaired) electrons. The monoisotopic (exact) mass is 502 g/mol. The zero-order chi connectivity index (χ0) is 24.2. The number of H-pyrrole nitrogens is 1. The van der Waals surface area contributed by atoms with E-state index in [0.29, 0.717) is 47.8 Å². The average molecular weight is 503 g/mol. The van der Waals surface area contributed by atoms with Crippen LogP contribution in [0.3, 0.4) is 0 Å². The van der Waals surface area contributed by atoms with Gasteiger partial charge in [0.05, 0.1) is 34.1 Å². The number of azide groups is 1. The molecule has 0 aliphatic carbocycles. The molecule has 0 bridgehead atoms. The van der Waals surface area contributed by atoms with Crippen molar-refractivity contribution >= 4 is 50.2 Å². The zero-order valence-corrected chi connectivity index (χ0v) is 20.2. The summed E-state index contributed by atoms with van der Waals surface area (Å²) in [5.74, 6) is -0.667. The van der Waals surface area contributed by atoms with Crippen molar-refractivity contribution in [3.63, 3.8) is 0 Å². The third-order valence-corrected chi connectivity index (χ3v) is 7.04. The van der Waals surface area contributed by atoms with Crippen LogP contribution in [0.1, 0.15) is 46.9 Å². The number of anilines is 1. The first-order chi connectivity index (χ1) is 16.4. The normalized spacial score (nSPS) is 17.9. The summed E-state index contributed by atoms with van der Waals surface area (Å²) in [6.45, 7) is 4.90. The Morgan fingerprint density at radius 2 is 2.24 bits per heavy atom. The first kappa shape index (κ1) is 23.8. The minimum Gasteiger partial charge on any atom is -0.462 e. The molecule has 1 saturated heterocycles. The lowest BCUT2D eigenvalue weighted by Gasteiger charge is -2.36. The van der Waals surface area contributed by atoms with E-state index >= 15 is 0 Å². The van der Waals surface area contributed by atoms with Crippen molar-refractivity contribution in [3.05, 3.63) is 50.9 Å². The Balaban J connectivity index is 1.52. The number of hydrogen-bond donors (Lipinski definition) is 2. The van der Waals surface area contributed by atoms with E-state index in [2.05, 4.69) is 30.3 Å². The topological polar surface area (TPSA) is 149 Å². The molecule has 1 aliphatic heterocycles. The smallest absolute Gasteiger partial charge is 0.339 e. The summed E-state index contributed by atoms with van der Waals surface area (Å²) in [5.41, 5.74) is 11.0. The fourth-order valence-corrected chi connectivity index (χ4v) is 5.23. The number of nitrogens with one attached hydrogen (secondary N) is 2. The molecule has 13 heteroatoms. The fourth-order valence-electron chi connectivity index (χ4n) is 3.87. The van der Waals surface area contributed by atoms with Crippen LogP contribution in [-0.4, -0.2) is 58.6 Å². The molecule has 4 rings (SSSR count). The molecule has 1 aliphatic rings. The molecule has 1 aromatic carbocycles.